The maximum absolute atomic E-state index is 12.9. The molecule has 0 radical (unpaired) electrons. The number of aromatic nitrogens is 3. The number of H-pyrrole nitrogens is 1. The molecule has 11 nitrogen and oxygen atoms in total. The minimum atomic E-state index is -1.04. The molecule has 11 heteroatoms. The number of rotatable bonds is 4. The normalized spacial score (nSPS) is 18.7. The lowest BCUT2D eigenvalue weighted by Crippen LogP contribution is -2.53. The van der Waals surface area contributed by atoms with Gasteiger partial charge in [-0.3, -0.25) is 14.3 Å². The van der Waals surface area contributed by atoms with Gasteiger partial charge in [0.15, 0.2) is 5.65 Å². The van der Waals surface area contributed by atoms with Crippen LogP contribution in [-0.4, -0.2) is 61.6 Å². The van der Waals surface area contributed by atoms with Gasteiger partial charge in [0.25, 0.3) is 0 Å². The van der Waals surface area contributed by atoms with Crippen LogP contribution >= 0.6 is 0 Å². The van der Waals surface area contributed by atoms with Crippen LogP contribution in [0.1, 0.15) is 41.2 Å². The Bertz CT molecular complexity index is 1400. The number of hydrogen-bond acceptors (Lipinski definition) is 5. The van der Waals surface area contributed by atoms with Crippen LogP contribution in [-0.2, 0) is 4.79 Å². The third-order valence-corrected chi connectivity index (χ3v) is 6.51. The van der Waals surface area contributed by atoms with Crippen LogP contribution in [0.2, 0.25) is 0 Å². The number of urea groups is 1. The Hall–Kier alpha value is -4.41. The third-order valence-electron chi connectivity index (χ3n) is 6.51. The number of pyridine rings is 1. The smallest absolute Gasteiger partial charge is 0.335 e. The van der Waals surface area contributed by atoms with Crippen molar-refractivity contribution < 1.29 is 19.5 Å². The molecular weight excluding hydrogens is 452 g/mol. The Morgan fingerprint density at radius 1 is 1.11 bits per heavy atom. The number of hydrogen-bond donors (Lipinski definition) is 4. The first-order chi connectivity index (χ1) is 16.9. The fourth-order valence-corrected chi connectivity index (χ4v) is 4.69. The van der Waals surface area contributed by atoms with Crippen LogP contribution in [0.3, 0.4) is 0 Å². The van der Waals surface area contributed by atoms with Gasteiger partial charge in [-0.2, -0.15) is 0 Å². The SMILES string of the molecule is O=C(O)c1cccc(C2=CNC(=O)C(NC(=O)N3CCC(n4c(=O)[nH]c5ncccc54)CC3)C2)c1. The van der Waals surface area contributed by atoms with Crippen molar-refractivity contribution in [2.75, 3.05) is 13.1 Å². The summed E-state index contributed by atoms with van der Waals surface area (Å²) < 4.78 is 1.70. The lowest BCUT2D eigenvalue weighted by atomic mass is 9.95. The highest BCUT2D eigenvalue weighted by atomic mass is 16.4. The molecule has 1 saturated heterocycles. The van der Waals surface area contributed by atoms with E-state index in [4.69, 9.17) is 0 Å². The van der Waals surface area contributed by atoms with E-state index in [9.17, 15) is 24.3 Å². The molecule has 4 N–H and O–H groups in total. The summed E-state index contributed by atoms with van der Waals surface area (Å²) in [7, 11) is 0. The van der Waals surface area contributed by atoms with Crippen LogP contribution < -0.4 is 16.3 Å². The zero-order valence-corrected chi connectivity index (χ0v) is 18.7. The zero-order valence-electron chi connectivity index (χ0n) is 18.7. The zero-order chi connectivity index (χ0) is 24.5. The molecule has 3 amide bonds. The van der Waals surface area contributed by atoms with Crippen molar-refractivity contribution in [3.63, 3.8) is 0 Å². The molecular formula is C24H24N6O5. The van der Waals surface area contributed by atoms with Gasteiger partial charge in [0.2, 0.25) is 5.91 Å². The molecule has 1 atom stereocenters. The van der Waals surface area contributed by atoms with E-state index in [2.05, 4.69) is 20.6 Å². The first-order valence-electron chi connectivity index (χ1n) is 11.3. The van der Waals surface area contributed by atoms with Crippen molar-refractivity contribution in [3.8, 4) is 0 Å². The summed E-state index contributed by atoms with van der Waals surface area (Å²) in [5.74, 6) is -1.36. The average molecular weight is 476 g/mol. The van der Waals surface area contributed by atoms with Gasteiger partial charge in [-0.25, -0.2) is 19.4 Å². The molecule has 35 heavy (non-hydrogen) atoms. The molecule has 0 aliphatic carbocycles. The number of nitrogens with zero attached hydrogens (tertiary/aromatic N) is 3. The monoisotopic (exact) mass is 476 g/mol. The molecule has 1 unspecified atom stereocenters. The number of aromatic carboxylic acids is 1. The van der Waals surface area contributed by atoms with Crippen molar-refractivity contribution in [1.82, 2.24) is 30.1 Å². The van der Waals surface area contributed by atoms with Crippen molar-refractivity contribution >= 4 is 34.6 Å². The van der Waals surface area contributed by atoms with Crippen LogP contribution in [0.4, 0.5) is 4.79 Å². The Kier molecular flexibility index (Phi) is 5.81. The van der Waals surface area contributed by atoms with Gasteiger partial charge >= 0.3 is 17.7 Å². The lowest BCUT2D eigenvalue weighted by molar-refractivity contribution is -0.122. The molecule has 0 spiro atoms. The van der Waals surface area contributed by atoms with E-state index in [0.717, 1.165) is 11.1 Å². The van der Waals surface area contributed by atoms with Crippen LogP contribution in [0.25, 0.3) is 16.7 Å². The van der Waals surface area contributed by atoms with E-state index in [1.807, 2.05) is 6.07 Å². The number of aromatic amines is 1. The standard InChI is InChI=1S/C24H24N6O5/c31-21-18(12-16(13-26-21)14-3-1-4-15(11-14)22(32)33)27-23(34)29-9-6-17(7-10-29)30-19-5-2-8-25-20(19)28-24(30)35/h1-5,8,11,13,17-18H,6-7,9-10,12H2,(H,26,31)(H,27,34)(H,32,33)(H,25,28,35). The van der Waals surface area contributed by atoms with Crippen molar-refractivity contribution in [3.05, 3.63) is 70.4 Å². The lowest BCUT2D eigenvalue weighted by Gasteiger charge is -2.34. The number of fused-ring (bicyclic) bond motifs is 1. The fourth-order valence-electron chi connectivity index (χ4n) is 4.69. The average Bonchev–Trinajstić information content (AvgIpc) is 3.21. The summed E-state index contributed by atoms with van der Waals surface area (Å²) in [4.78, 5) is 57.7. The number of carbonyl (C=O) groups is 3. The number of carboxylic acid groups (broad SMARTS) is 1. The molecule has 0 bridgehead atoms. The molecule has 5 rings (SSSR count). The van der Waals surface area contributed by atoms with Gasteiger partial charge in [-0.15, -0.1) is 0 Å². The van der Waals surface area contributed by atoms with E-state index in [1.165, 1.54) is 12.1 Å². The number of carbonyl (C=O) groups excluding carboxylic acids is 2. The highest BCUT2D eigenvalue weighted by Gasteiger charge is 2.30. The number of imidazole rings is 1. The maximum atomic E-state index is 12.9. The van der Waals surface area contributed by atoms with Crippen LogP contribution in [0, 0.1) is 0 Å². The molecule has 4 heterocycles. The molecule has 180 valence electrons. The predicted molar refractivity (Wildman–Crippen MR) is 127 cm³/mol. The van der Waals surface area contributed by atoms with E-state index >= 15 is 0 Å². The first kappa shape index (κ1) is 22.4. The quantitative estimate of drug-likeness (QED) is 0.450. The third kappa shape index (κ3) is 4.39. The molecule has 3 aromatic rings. The number of carboxylic acids is 1. The number of nitrogens with one attached hydrogen (secondary N) is 3. The van der Waals surface area contributed by atoms with Gasteiger partial charge in [0, 0.05) is 37.9 Å². The van der Waals surface area contributed by atoms with Gasteiger partial charge in [0.05, 0.1) is 11.1 Å². The minimum absolute atomic E-state index is 0.0569. The van der Waals surface area contributed by atoms with E-state index in [1.54, 1.807) is 40.1 Å². The maximum Gasteiger partial charge on any atom is 0.335 e. The summed E-state index contributed by atoms with van der Waals surface area (Å²) in [6.45, 7) is 0.876. The van der Waals surface area contributed by atoms with Crippen LogP contribution in [0.5, 0.6) is 0 Å². The largest absolute Gasteiger partial charge is 0.478 e. The molecule has 1 fully saturated rings. The number of benzene rings is 1. The summed E-state index contributed by atoms with van der Waals surface area (Å²) in [6.07, 6.45) is 4.61. The molecule has 0 saturated carbocycles. The van der Waals surface area contributed by atoms with E-state index < -0.39 is 12.0 Å². The topological polar surface area (TPSA) is 149 Å². The van der Waals surface area contributed by atoms with E-state index in [-0.39, 0.29) is 35.7 Å². The molecule has 2 aliphatic rings. The summed E-state index contributed by atoms with van der Waals surface area (Å²) in [5, 5.41) is 14.7. The first-order valence-corrected chi connectivity index (χ1v) is 11.3. The predicted octanol–water partition coefficient (Wildman–Crippen LogP) is 1.70. The van der Waals surface area contributed by atoms with Gasteiger partial charge in [0.1, 0.15) is 6.04 Å². The Balaban J connectivity index is 1.22. The summed E-state index contributed by atoms with van der Waals surface area (Å²) >= 11 is 0. The Morgan fingerprint density at radius 3 is 2.69 bits per heavy atom. The summed E-state index contributed by atoms with van der Waals surface area (Å²) in [6, 6.07) is 8.88. The van der Waals surface area contributed by atoms with Crippen molar-refractivity contribution in [2.45, 2.75) is 31.3 Å². The van der Waals surface area contributed by atoms with E-state index in [0.29, 0.717) is 37.1 Å². The fraction of sp³-hybridized carbons (Fsp3) is 0.292. The molecule has 2 aliphatic heterocycles. The highest BCUT2D eigenvalue weighted by Crippen LogP contribution is 2.26. The van der Waals surface area contributed by atoms with Crippen molar-refractivity contribution in [1.29, 1.82) is 0 Å². The highest BCUT2D eigenvalue weighted by molar-refractivity contribution is 5.93. The molecule has 2 aromatic heterocycles. The second kappa shape index (κ2) is 9.09. The second-order valence-corrected chi connectivity index (χ2v) is 8.66. The van der Waals surface area contributed by atoms with Crippen molar-refractivity contribution in [2.24, 2.45) is 0 Å². The van der Waals surface area contributed by atoms with Gasteiger partial charge < -0.3 is 20.6 Å². The molecule has 1 aromatic carbocycles. The Labute approximate surface area is 199 Å². The second-order valence-electron chi connectivity index (χ2n) is 8.66. The van der Waals surface area contributed by atoms with Gasteiger partial charge in [-0.1, -0.05) is 12.1 Å². The summed E-state index contributed by atoms with van der Waals surface area (Å²) in [5.41, 5.74) is 2.61. The Morgan fingerprint density at radius 2 is 1.91 bits per heavy atom. The number of piperidine rings is 1. The minimum Gasteiger partial charge on any atom is -0.478 e. The number of likely N-dealkylation sites (tertiary alicyclic amines) is 1. The number of amides is 3. The van der Waals surface area contributed by atoms with Gasteiger partial charge in [-0.05, 0) is 48.2 Å². The van der Waals surface area contributed by atoms with Crippen LogP contribution in [0.15, 0.2) is 53.6 Å².